The number of benzene rings is 1. The van der Waals surface area contributed by atoms with Crippen LogP contribution < -0.4 is 5.32 Å². The highest BCUT2D eigenvalue weighted by Crippen LogP contribution is 2.35. The molecule has 0 radical (unpaired) electrons. The summed E-state index contributed by atoms with van der Waals surface area (Å²) in [6, 6.07) is 7.97. The summed E-state index contributed by atoms with van der Waals surface area (Å²) in [5.41, 5.74) is 1.61. The zero-order valence-corrected chi connectivity index (χ0v) is 16.1. The summed E-state index contributed by atoms with van der Waals surface area (Å²) in [5.74, 6) is 0.665. The van der Waals surface area contributed by atoms with E-state index < -0.39 is 0 Å². The Morgan fingerprint density at radius 1 is 1.42 bits per heavy atom. The van der Waals surface area contributed by atoms with Gasteiger partial charge in [0.15, 0.2) is 10.6 Å². The summed E-state index contributed by atoms with van der Waals surface area (Å²) in [7, 11) is 0. The number of thiazole rings is 1. The van der Waals surface area contributed by atoms with Crippen molar-refractivity contribution >= 4 is 41.1 Å². The predicted octanol–water partition coefficient (Wildman–Crippen LogP) is 3.91. The maximum atomic E-state index is 12.3. The van der Waals surface area contributed by atoms with Crippen LogP contribution in [0, 0.1) is 4.77 Å². The Morgan fingerprint density at radius 2 is 2.23 bits per heavy atom. The smallest absolute Gasteiger partial charge is 0.226 e. The van der Waals surface area contributed by atoms with Crippen molar-refractivity contribution in [1.29, 1.82) is 0 Å². The molecule has 4 rings (SSSR count). The Labute approximate surface area is 164 Å². The third-order valence-corrected chi connectivity index (χ3v) is 5.67. The molecule has 2 N–H and O–H groups in total. The second-order valence-corrected chi connectivity index (χ2v) is 7.78. The van der Waals surface area contributed by atoms with Gasteiger partial charge in [-0.15, -0.1) is 11.3 Å². The zero-order valence-electron chi connectivity index (χ0n) is 13.7. The van der Waals surface area contributed by atoms with Gasteiger partial charge < -0.3 is 5.32 Å². The molecule has 9 heteroatoms. The van der Waals surface area contributed by atoms with Crippen LogP contribution in [0.4, 0.5) is 0 Å². The van der Waals surface area contributed by atoms with Crippen molar-refractivity contribution in [3.63, 3.8) is 0 Å². The lowest BCUT2D eigenvalue weighted by Gasteiger charge is -2.06. The van der Waals surface area contributed by atoms with Crippen LogP contribution in [-0.4, -0.2) is 25.7 Å². The molecule has 3 aromatic rings. The third kappa shape index (κ3) is 3.72. The Kier molecular flexibility index (Phi) is 4.88. The van der Waals surface area contributed by atoms with Gasteiger partial charge >= 0.3 is 0 Å². The van der Waals surface area contributed by atoms with Crippen LogP contribution in [0.5, 0.6) is 0 Å². The quantitative estimate of drug-likeness (QED) is 0.609. The summed E-state index contributed by atoms with van der Waals surface area (Å²) >= 11 is 12.9. The van der Waals surface area contributed by atoms with Crippen molar-refractivity contribution in [2.45, 2.75) is 31.8 Å². The van der Waals surface area contributed by atoms with Crippen molar-refractivity contribution in [2.75, 3.05) is 0 Å². The molecular formula is C17H16ClN5OS2. The van der Waals surface area contributed by atoms with Crippen LogP contribution in [0.1, 0.15) is 30.4 Å². The van der Waals surface area contributed by atoms with Crippen molar-refractivity contribution in [3.8, 4) is 10.6 Å². The van der Waals surface area contributed by atoms with Crippen LogP contribution >= 0.6 is 35.2 Å². The van der Waals surface area contributed by atoms with E-state index in [4.69, 9.17) is 23.8 Å². The van der Waals surface area contributed by atoms with E-state index in [1.165, 1.54) is 11.3 Å². The number of aromatic amines is 1. The number of rotatable bonds is 6. The van der Waals surface area contributed by atoms with E-state index in [-0.39, 0.29) is 12.3 Å². The Bertz CT molecular complexity index is 1000. The first kappa shape index (κ1) is 17.4. The average molecular weight is 406 g/mol. The van der Waals surface area contributed by atoms with Gasteiger partial charge in [-0.05, 0) is 31.1 Å². The van der Waals surface area contributed by atoms with Gasteiger partial charge in [-0.1, -0.05) is 29.8 Å². The monoisotopic (exact) mass is 405 g/mol. The number of nitrogens with zero attached hydrogens (tertiary/aromatic N) is 3. The molecule has 1 saturated carbocycles. The van der Waals surface area contributed by atoms with Gasteiger partial charge in [-0.25, -0.2) is 4.98 Å². The minimum absolute atomic E-state index is 0.0997. The molecule has 0 bridgehead atoms. The molecule has 0 atom stereocenters. The first-order chi connectivity index (χ1) is 12.6. The first-order valence-corrected chi connectivity index (χ1v) is 9.90. The molecule has 1 fully saturated rings. The highest BCUT2D eigenvalue weighted by molar-refractivity contribution is 7.71. The van der Waals surface area contributed by atoms with Crippen LogP contribution in [0.2, 0.25) is 5.02 Å². The van der Waals surface area contributed by atoms with Gasteiger partial charge in [0.05, 0.1) is 23.7 Å². The second kappa shape index (κ2) is 7.30. The Balaban J connectivity index is 1.39. The van der Waals surface area contributed by atoms with Crippen LogP contribution in [0.15, 0.2) is 29.6 Å². The fourth-order valence-electron chi connectivity index (χ4n) is 2.72. The summed E-state index contributed by atoms with van der Waals surface area (Å²) in [5, 5.41) is 13.3. The minimum Gasteiger partial charge on any atom is -0.348 e. The molecule has 1 aliphatic carbocycles. The SMILES string of the molecule is O=C(Cc1csc(-c2ccccc2Cl)n1)NCc1n[nH]c(=S)n1C1CC1. The van der Waals surface area contributed by atoms with Crippen molar-refractivity contribution < 1.29 is 4.79 Å². The number of nitrogens with one attached hydrogen (secondary N) is 2. The van der Waals surface area contributed by atoms with Crippen molar-refractivity contribution in [2.24, 2.45) is 0 Å². The first-order valence-electron chi connectivity index (χ1n) is 8.23. The van der Waals surface area contributed by atoms with E-state index in [1.807, 2.05) is 34.2 Å². The summed E-state index contributed by atoms with van der Waals surface area (Å²) in [6.07, 6.45) is 2.44. The number of halogens is 1. The topological polar surface area (TPSA) is 75.6 Å². The van der Waals surface area contributed by atoms with E-state index in [9.17, 15) is 4.79 Å². The van der Waals surface area contributed by atoms with E-state index in [0.717, 1.165) is 34.9 Å². The van der Waals surface area contributed by atoms with Crippen molar-refractivity contribution in [3.05, 3.63) is 51.0 Å². The number of aromatic nitrogens is 4. The molecule has 0 saturated heterocycles. The van der Waals surface area contributed by atoms with Gasteiger partial charge in [0, 0.05) is 17.0 Å². The highest BCUT2D eigenvalue weighted by Gasteiger charge is 2.27. The number of carbonyl (C=O) groups excluding carboxylic acids is 1. The number of carbonyl (C=O) groups is 1. The molecule has 2 aromatic heterocycles. The number of amides is 1. The second-order valence-electron chi connectivity index (χ2n) is 6.12. The molecule has 26 heavy (non-hydrogen) atoms. The van der Waals surface area contributed by atoms with Crippen LogP contribution in [0.3, 0.4) is 0 Å². The predicted molar refractivity (Wildman–Crippen MR) is 104 cm³/mol. The van der Waals surface area contributed by atoms with Gasteiger partial charge in [0.25, 0.3) is 0 Å². The fourth-order valence-corrected chi connectivity index (χ4v) is 4.16. The van der Waals surface area contributed by atoms with Crippen LogP contribution in [-0.2, 0) is 17.8 Å². The zero-order chi connectivity index (χ0) is 18.1. The molecule has 134 valence electrons. The van der Waals surface area contributed by atoms with Gasteiger partial charge in [-0.3, -0.25) is 14.5 Å². The molecule has 0 spiro atoms. The molecular weight excluding hydrogens is 390 g/mol. The van der Waals surface area contributed by atoms with Gasteiger partial charge in [0.1, 0.15) is 5.01 Å². The maximum absolute atomic E-state index is 12.3. The van der Waals surface area contributed by atoms with Crippen molar-refractivity contribution in [1.82, 2.24) is 25.1 Å². The fraction of sp³-hybridized carbons (Fsp3) is 0.294. The maximum Gasteiger partial charge on any atom is 0.226 e. The molecule has 0 unspecified atom stereocenters. The molecule has 1 amide bonds. The Morgan fingerprint density at radius 3 is 3.00 bits per heavy atom. The normalized spacial score (nSPS) is 13.7. The highest BCUT2D eigenvalue weighted by atomic mass is 35.5. The number of H-pyrrole nitrogens is 1. The Hall–Kier alpha value is -2.03. The lowest BCUT2D eigenvalue weighted by molar-refractivity contribution is -0.120. The van der Waals surface area contributed by atoms with Gasteiger partial charge in [-0.2, -0.15) is 5.10 Å². The number of hydrogen-bond acceptors (Lipinski definition) is 5. The lowest BCUT2D eigenvalue weighted by atomic mass is 10.2. The molecule has 0 aliphatic heterocycles. The summed E-state index contributed by atoms with van der Waals surface area (Å²) < 4.78 is 2.61. The van der Waals surface area contributed by atoms with E-state index in [1.54, 1.807) is 0 Å². The van der Waals surface area contributed by atoms with E-state index >= 15 is 0 Å². The minimum atomic E-state index is -0.0997. The molecule has 2 heterocycles. The lowest BCUT2D eigenvalue weighted by Crippen LogP contribution is -2.26. The molecule has 1 aromatic carbocycles. The molecule has 1 aliphatic rings. The third-order valence-electron chi connectivity index (χ3n) is 4.13. The number of hydrogen-bond donors (Lipinski definition) is 2. The molecule has 6 nitrogen and oxygen atoms in total. The van der Waals surface area contributed by atoms with Crippen LogP contribution in [0.25, 0.3) is 10.6 Å². The van der Waals surface area contributed by atoms with Gasteiger partial charge in [0.2, 0.25) is 5.91 Å². The largest absolute Gasteiger partial charge is 0.348 e. The van der Waals surface area contributed by atoms with E-state index in [2.05, 4.69) is 20.5 Å². The van der Waals surface area contributed by atoms with E-state index in [0.29, 0.717) is 22.4 Å². The average Bonchev–Trinajstić information content (AvgIpc) is 3.24. The summed E-state index contributed by atoms with van der Waals surface area (Å²) in [6.45, 7) is 0.351. The summed E-state index contributed by atoms with van der Waals surface area (Å²) in [4.78, 5) is 16.8. The standard InChI is InChI=1S/C17H16ClN5OS2/c18-13-4-2-1-3-12(13)16-20-10(9-26-16)7-15(24)19-8-14-21-22-17(25)23(14)11-5-6-11/h1-4,9,11H,5-8H2,(H,19,24)(H,22,25).